The fourth-order valence-corrected chi connectivity index (χ4v) is 2.67. The third-order valence-electron chi connectivity index (χ3n) is 3.06. The first-order chi connectivity index (χ1) is 9.90. The maximum Gasteiger partial charge on any atom is 0.188 e. The molecule has 3 N–H and O–H groups in total. The lowest BCUT2D eigenvalue weighted by molar-refractivity contribution is 0.318. The van der Waals surface area contributed by atoms with Crippen LogP contribution in [0.1, 0.15) is 32.0 Å². The van der Waals surface area contributed by atoms with Crippen LogP contribution in [0.5, 0.6) is 0 Å². The smallest absolute Gasteiger partial charge is 0.188 e. The van der Waals surface area contributed by atoms with Gasteiger partial charge in [-0.2, -0.15) is 0 Å². The van der Waals surface area contributed by atoms with Gasteiger partial charge in [-0.1, -0.05) is 49.8 Å². The first-order valence-corrected chi connectivity index (χ1v) is 7.44. The summed E-state index contributed by atoms with van der Waals surface area (Å²) >= 11 is 1.62. The van der Waals surface area contributed by atoms with Crippen molar-refractivity contribution in [3.8, 4) is 0 Å². The van der Waals surface area contributed by atoms with Crippen molar-refractivity contribution in [3.63, 3.8) is 0 Å². The molecular formula is C16H19N3OS. The molecule has 0 fully saturated rings. The topological polar surface area (TPSA) is 71.5 Å². The molecule has 2 rings (SSSR count). The van der Waals surface area contributed by atoms with Gasteiger partial charge in [0.05, 0.1) is 0 Å². The van der Waals surface area contributed by atoms with Crippen LogP contribution in [0.25, 0.3) is 0 Å². The Bertz CT molecular complexity index is 645. The molecule has 4 nitrogen and oxygen atoms in total. The van der Waals surface area contributed by atoms with Crippen LogP contribution in [0, 0.1) is 0 Å². The van der Waals surface area contributed by atoms with Gasteiger partial charge >= 0.3 is 0 Å². The van der Waals surface area contributed by atoms with E-state index in [4.69, 9.17) is 10.9 Å². The predicted octanol–water partition coefficient (Wildman–Crippen LogP) is 3.62. The third kappa shape index (κ3) is 3.98. The minimum atomic E-state index is 0.0144. The summed E-state index contributed by atoms with van der Waals surface area (Å²) in [6, 6.07) is 12.2. The van der Waals surface area contributed by atoms with Gasteiger partial charge in [0, 0.05) is 16.0 Å². The number of hydrogen-bond acceptors (Lipinski definition) is 4. The van der Waals surface area contributed by atoms with Crippen molar-refractivity contribution in [2.24, 2.45) is 10.9 Å². The van der Waals surface area contributed by atoms with Crippen LogP contribution in [0.4, 0.5) is 0 Å². The normalized spacial score (nSPS) is 12.4. The Hall–Kier alpha value is -2.01. The number of hydrogen-bond donors (Lipinski definition) is 2. The van der Waals surface area contributed by atoms with Crippen LogP contribution in [0.2, 0.25) is 0 Å². The molecule has 1 heterocycles. The molecule has 0 spiro atoms. The highest BCUT2D eigenvalue weighted by Crippen LogP contribution is 2.30. The summed E-state index contributed by atoms with van der Waals surface area (Å²) in [5, 5.41) is 11.7. The van der Waals surface area contributed by atoms with Crippen LogP contribution in [-0.2, 0) is 5.41 Å². The lowest BCUT2D eigenvalue weighted by atomic mass is 9.87. The molecule has 21 heavy (non-hydrogen) atoms. The summed E-state index contributed by atoms with van der Waals surface area (Å²) in [4.78, 5) is 6.20. The van der Waals surface area contributed by atoms with Crippen LogP contribution in [0.15, 0.2) is 57.5 Å². The quantitative estimate of drug-likeness (QED) is 0.393. The van der Waals surface area contributed by atoms with E-state index in [-0.39, 0.29) is 11.3 Å². The van der Waals surface area contributed by atoms with Crippen LogP contribution in [-0.4, -0.2) is 16.0 Å². The minimum absolute atomic E-state index is 0.0144. The van der Waals surface area contributed by atoms with Gasteiger partial charge in [-0.05, 0) is 35.2 Å². The van der Waals surface area contributed by atoms with Crippen LogP contribution >= 0.6 is 11.8 Å². The number of rotatable bonds is 3. The van der Waals surface area contributed by atoms with Gasteiger partial charge in [-0.3, -0.25) is 4.98 Å². The maximum atomic E-state index is 8.69. The number of pyridine rings is 1. The molecule has 0 saturated carbocycles. The molecule has 5 heteroatoms. The van der Waals surface area contributed by atoms with E-state index in [0.29, 0.717) is 5.69 Å². The number of nitrogens with two attached hydrogens (primary N) is 1. The van der Waals surface area contributed by atoms with Gasteiger partial charge in [-0.25, -0.2) is 0 Å². The SMILES string of the molecule is CC(C)(C)c1ccc(Sc2ccnc(C(N)=NO)c2)cc1. The molecule has 0 amide bonds. The van der Waals surface area contributed by atoms with Gasteiger partial charge in [0.1, 0.15) is 5.69 Å². The zero-order valence-corrected chi connectivity index (χ0v) is 13.2. The number of oxime groups is 1. The van der Waals surface area contributed by atoms with Crippen molar-refractivity contribution in [3.05, 3.63) is 53.9 Å². The Labute approximate surface area is 129 Å². The van der Waals surface area contributed by atoms with Crippen molar-refractivity contribution >= 4 is 17.6 Å². The minimum Gasteiger partial charge on any atom is -0.409 e. The van der Waals surface area contributed by atoms with Gasteiger partial charge in [0.25, 0.3) is 0 Å². The first kappa shape index (κ1) is 15.4. The molecule has 0 aliphatic rings. The zero-order valence-electron chi connectivity index (χ0n) is 12.4. The lowest BCUT2D eigenvalue weighted by Gasteiger charge is -2.19. The van der Waals surface area contributed by atoms with Crippen molar-refractivity contribution < 1.29 is 5.21 Å². The highest BCUT2D eigenvalue weighted by molar-refractivity contribution is 7.99. The largest absolute Gasteiger partial charge is 0.409 e. The fourth-order valence-electron chi connectivity index (χ4n) is 1.83. The summed E-state index contributed by atoms with van der Waals surface area (Å²) < 4.78 is 0. The molecule has 2 aromatic rings. The molecule has 0 unspecified atom stereocenters. The zero-order chi connectivity index (χ0) is 15.5. The number of aromatic nitrogens is 1. The summed E-state index contributed by atoms with van der Waals surface area (Å²) in [5.74, 6) is 0.0144. The average molecular weight is 301 g/mol. The lowest BCUT2D eigenvalue weighted by Crippen LogP contribution is -2.14. The summed E-state index contributed by atoms with van der Waals surface area (Å²) in [6.45, 7) is 6.59. The Kier molecular flexibility index (Phi) is 4.53. The molecule has 0 aliphatic carbocycles. The van der Waals surface area contributed by atoms with E-state index >= 15 is 0 Å². The van der Waals surface area contributed by atoms with Crippen molar-refractivity contribution in [2.45, 2.75) is 36.0 Å². The van der Waals surface area contributed by atoms with Crippen molar-refractivity contribution in [2.75, 3.05) is 0 Å². The Morgan fingerprint density at radius 2 is 1.81 bits per heavy atom. The molecule has 1 aromatic heterocycles. The van der Waals surface area contributed by atoms with Crippen LogP contribution in [0.3, 0.4) is 0 Å². The van der Waals surface area contributed by atoms with E-state index in [9.17, 15) is 0 Å². The van der Waals surface area contributed by atoms with Gasteiger partial charge in [0.15, 0.2) is 5.84 Å². The van der Waals surface area contributed by atoms with Crippen LogP contribution < -0.4 is 5.73 Å². The predicted molar refractivity (Wildman–Crippen MR) is 86.0 cm³/mol. The van der Waals surface area contributed by atoms with E-state index in [1.54, 1.807) is 24.0 Å². The second-order valence-corrected chi connectivity index (χ2v) is 6.89. The van der Waals surface area contributed by atoms with Crippen molar-refractivity contribution in [1.29, 1.82) is 0 Å². The molecular weight excluding hydrogens is 282 g/mol. The third-order valence-corrected chi connectivity index (χ3v) is 4.06. The first-order valence-electron chi connectivity index (χ1n) is 6.62. The number of benzene rings is 1. The molecule has 110 valence electrons. The summed E-state index contributed by atoms with van der Waals surface area (Å²) in [6.07, 6.45) is 1.65. The second kappa shape index (κ2) is 6.18. The Morgan fingerprint density at radius 3 is 2.38 bits per heavy atom. The highest BCUT2D eigenvalue weighted by Gasteiger charge is 2.13. The monoisotopic (exact) mass is 301 g/mol. The van der Waals surface area contributed by atoms with Gasteiger partial charge in [-0.15, -0.1) is 0 Å². The maximum absolute atomic E-state index is 8.69. The van der Waals surface area contributed by atoms with E-state index < -0.39 is 0 Å². The number of nitrogens with zero attached hydrogens (tertiary/aromatic N) is 2. The van der Waals surface area contributed by atoms with E-state index in [1.807, 2.05) is 6.07 Å². The highest BCUT2D eigenvalue weighted by atomic mass is 32.2. The fraction of sp³-hybridized carbons (Fsp3) is 0.250. The van der Waals surface area contributed by atoms with E-state index in [0.717, 1.165) is 9.79 Å². The molecule has 0 aliphatic heterocycles. The van der Waals surface area contributed by atoms with Gasteiger partial charge < -0.3 is 10.9 Å². The second-order valence-electron chi connectivity index (χ2n) is 5.74. The Morgan fingerprint density at radius 1 is 1.14 bits per heavy atom. The summed E-state index contributed by atoms with van der Waals surface area (Å²) in [5.41, 5.74) is 7.48. The van der Waals surface area contributed by atoms with E-state index in [2.05, 4.69) is 55.2 Å². The molecule has 0 bridgehead atoms. The number of amidine groups is 1. The van der Waals surface area contributed by atoms with Gasteiger partial charge in [0.2, 0.25) is 0 Å². The standard InChI is InChI=1S/C16H19N3OS/c1-16(2,3)11-4-6-12(7-5-11)21-13-8-9-18-14(10-13)15(17)19-20/h4-10,20H,1-3H3,(H2,17,19). The Balaban J connectivity index is 2.19. The molecule has 0 saturated heterocycles. The molecule has 1 aromatic carbocycles. The summed E-state index contributed by atoms with van der Waals surface area (Å²) in [7, 11) is 0. The average Bonchev–Trinajstić information content (AvgIpc) is 2.46. The van der Waals surface area contributed by atoms with E-state index in [1.165, 1.54) is 5.56 Å². The molecule has 0 radical (unpaired) electrons. The molecule has 0 atom stereocenters. The van der Waals surface area contributed by atoms with Crippen molar-refractivity contribution in [1.82, 2.24) is 4.98 Å².